The molecule has 0 aliphatic carbocycles. The van der Waals surface area contributed by atoms with Crippen LogP contribution in [0.4, 0.5) is 0 Å². The number of unbranched alkanes of at least 4 members (excludes halogenated alkanes) is 1. The molecule has 0 heterocycles. The first kappa shape index (κ1) is 11.6. The van der Waals surface area contributed by atoms with Gasteiger partial charge in [0.1, 0.15) is 0 Å². The summed E-state index contributed by atoms with van der Waals surface area (Å²) < 4.78 is 10.4. The van der Waals surface area contributed by atoms with Gasteiger partial charge in [-0.1, -0.05) is 20.3 Å². The molecule has 0 spiro atoms. The van der Waals surface area contributed by atoms with Crippen molar-refractivity contribution < 1.29 is 9.47 Å². The molecule has 0 bridgehead atoms. The lowest BCUT2D eigenvalue weighted by Crippen LogP contribution is -2.24. The molecule has 1 unspecified atom stereocenters. The molecule has 4 heteroatoms. The van der Waals surface area contributed by atoms with Crippen molar-refractivity contribution in [1.82, 2.24) is 0 Å². The third-order valence-corrected chi connectivity index (χ3v) is 1.48. The van der Waals surface area contributed by atoms with Gasteiger partial charge < -0.3 is 15.2 Å². The highest BCUT2D eigenvalue weighted by Crippen LogP contribution is 2.01. The second kappa shape index (κ2) is 7.31. The molecule has 0 saturated carbocycles. The molecule has 2 N–H and O–H groups in total. The quantitative estimate of drug-likeness (QED) is 0.395. The summed E-state index contributed by atoms with van der Waals surface area (Å²) >= 11 is 4.59. The molecule has 0 aliphatic heterocycles. The van der Waals surface area contributed by atoms with E-state index in [1.54, 1.807) is 0 Å². The third kappa shape index (κ3) is 6.37. The summed E-state index contributed by atoms with van der Waals surface area (Å²) in [6.07, 6.45) is 2.65. The number of thiocarbonyl (C=S) groups is 1. The lowest BCUT2D eigenvalue weighted by molar-refractivity contribution is -0.0894. The normalized spacial score (nSPS) is 12.5. The highest BCUT2D eigenvalue weighted by Gasteiger charge is 2.06. The minimum atomic E-state index is -0.269. The zero-order valence-corrected chi connectivity index (χ0v) is 8.52. The minimum Gasteiger partial charge on any atom is -0.441 e. The topological polar surface area (TPSA) is 44.5 Å². The van der Waals surface area contributed by atoms with Crippen LogP contribution in [0.15, 0.2) is 0 Å². The predicted molar refractivity (Wildman–Crippen MR) is 52.8 cm³/mol. The molecular formula is C8H17NO2S. The molecule has 0 aromatic carbocycles. The maximum Gasteiger partial charge on any atom is 0.256 e. The molecule has 0 radical (unpaired) electrons. The number of hydrogen-bond acceptors (Lipinski definition) is 3. The van der Waals surface area contributed by atoms with Crippen molar-refractivity contribution >= 4 is 17.4 Å². The minimum absolute atomic E-state index is 0.0540. The Bertz CT molecular complexity index is 130. The van der Waals surface area contributed by atoms with Gasteiger partial charge in [0.15, 0.2) is 0 Å². The Balaban J connectivity index is 3.46. The Hall–Kier alpha value is -0.350. The van der Waals surface area contributed by atoms with Crippen LogP contribution in [-0.2, 0) is 9.47 Å². The standard InChI is InChI=1S/C8H17NO2S/c1-3-5-6-10-7(4-2)11-8(9)12/h7H,3-6H2,1-2H3,(H2,9,12). The van der Waals surface area contributed by atoms with E-state index in [4.69, 9.17) is 15.2 Å². The number of rotatable bonds is 6. The molecule has 0 aliphatic rings. The number of hydrogen-bond donors (Lipinski definition) is 1. The zero-order valence-electron chi connectivity index (χ0n) is 7.71. The molecule has 3 nitrogen and oxygen atoms in total. The van der Waals surface area contributed by atoms with Crippen LogP contribution >= 0.6 is 12.2 Å². The molecule has 1 atom stereocenters. The number of ether oxygens (including phenoxy) is 2. The summed E-state index contributed by atoms with van der Waals surface area (Å²) in [6.45, 7) is 4.78. The summed E-state index contributed by atoms with van der Waals surface area (Å²) in [4.78, 5) is 0. The molecule has 72 valence electrons. The summed E-state index contributed by atoms with van der Waals surface area (Å²) in [5.74, 6) is 0. The average Bonchev–Trinajstić information content (AvgIpc) is 2.02. The van der Waals surface area contributed by atoms with E-state index in [2.05, 4.69) is 19.1 Å². The van der Waals surface area contributed by atoms with Crippen molar-refractivity contribution in [3.63, 3.8) is 0 Å². The van der Waals surface area contributed by atoms with Crippen LogP contribution in [0.5, 0.6) is 0 Å². The Morgan fingerprint density at radius 3 is 2.58 bits per heavy atom. The fourth-order valence-electron chi connectivity index (χ4n) is 0.724. The van der Waals surface area contributed by atoms with Gasteiger partial charge in [-0.05, 0) is 18.6 Å². The fourth-order valence-corrected chi connectivity index (χ4v) is 0.831. The first-order chi connectivity index (χ1) is 5.70. The van der Waals surface area contributed by atoms with Gasteiger partial charge in [-0.25, -0.2) is 0 Å². The fraction of sp³-hybridized carbons (Fsp3) is 0.875. The van der Waals surface area contributed by atoms with Crippen LogP contribution in [0.3, 0.4) is 0 Å². The van der Waals surface area contributed by atoms with Crippen LogP contribution in [-0.4, -0.2) is 18.1 Å². The van der Waals surface area contributed by atoms with E-state index in [0.717, 1.165) is 19.3 Å². The lowest BCUT2D eigenvalue weighted by atomic mass is 10.3. The van der Waals surface area contributed by atoms with Crippen molar-refractivity contribution in [2.24, 2.45) is 5.73 Å². The maximum atomic E-state index is 5.35. The number of nitrogens with two attached hydrogens (primary N) is 1. The molecule has 0 rings (SSSR count). The maximum absolute atomic E-state index is 5.35. The zero-order chi connectivity index (χ0) is 9.40. The van der Waals surface area contributed by atoms with E-state index >= 15 is 0 Å². The first-order valence-electron chi connectivity index (χ1n) is 4.28. The predicted octanol–water partition coefficient (Wildman–Crippen LogP) is 1.80. The van der Waals surface area contributed by atoms with E-state index in [1.807, 2.05) is 6.92 Å². The molecule has 12 heavy (non-hydrogen) atoms. The molecule has 0 amide bonds. The highest BCUT2D eigenvalue weighted by atomic mass is 32.1. The summed E-state index contributed by atoms with van der Waals surface area (Å²) in [5.41, 5.74) is 5.20. The monoisotopic (exact) mass is 191 g/mol. The average molecular weight is 191 g/mol. The molecular weight excluding hydrogens is 174 g/mol. The van der Waals surface area contributed by atoms with E-state index < -0.39 is 0 Å². The molecule has 0 fully saturated rings. The Morgan fingerprint density at radius 1 is 1.50 bits per heavy atom. The second-order valence-electron chi connectivity index (χ2n) is 2.50. The molecule has 0 aromatic heterocycles. The van der Waals surface area contributed by atoms with Crippen molar-refractivity contribution in [2.75, 3.05) is 6.61 Å². The van der Waals surface area contributed by atoms with Crippen LogP contribution < -0.4 is 5.73 Å². The molecule has 0 aromatic rings. The van der Waals surface area contributed by atoms with Crippen molar-refractivity contribution in [1.29, 1.82) is 0 Å². The largest absolute Gasteiger partial charge is 0.441 e. The van der Waals surface area contributed by atoms with Crippen LogP contribution in [0.25, 0.3) is 0 Å². The second-order valence-corrected chi connectivity index (χ2v) is 2.90. The summed E-state index contributed by atoms with van der Waals surface area (Å²) in [6, 6.07) is 0. The van der Waals surface area contributed by atoms with E-state index in [9.17, 15) is 0 Å². The Kier molecular flexibility index (Phi) is 7.09. The van der Waals surface area contributed by atoms with Gasteiger partial charge >= 0.3 is 0 Å². The van der Waals surface area contributed by atoms with E-state index in [0.29, 0.717) is 6.61 Å². The van der Waals surface area contributed by atoms with Crippen LogP contribution in [0, 0.1) is 0 Å². The van der Waals surface area contributed by atoms with Gasteiger partial charge in [-0.15, -0.1) is 0 Å². The molecule has 0 saturated heterocycles. The van der Waals surface area contributed by atoms with Gasteiger partial charge in [0.05, 0.1) is 6.61 Å². The van der Waals surface area contributed by atoms with Crippen molar-refractivity contribution in [3.8, 4) is 0 Å². The van der Waals surface area contributed by atoms with Crippen molar-refractivity contribution in [3.05, 3.63) is 0 Å². The lowest BCUT2D eigenvalue weighted by Gasteiger charge is -2.16. The first-order valence-corrected chi connectivity index (χ1v) is 4.69. The van der Waals surface area contributed by atoms with Gasteiger partial charge in [0.25, 0.3) is 5.17 Å². The Morgan fingerprint density at radius 2 is 2.17 bits per heavy atom. The van der Waals surface area contributed by atoms with Gasteiger partial charge in [-0.2, -0.15) is 0 Å². The Labute approximate surface area is 79.2 Å². The smallest absolute Gasteiger partial charge is 0.256 e. The van der Waals surface area contributed by atoms with E-state index in [-0.39, 0.29) is 11.5 Å². The van der Waals surface area contributed by atoms with E-state index in [1.165, 1.54) is 0 Å². The van der Waals surface area contributed by atoms with Crippen LogP contribution in [0.2, 0.25) is 0 Å². The van der Waals surface area contributed by atoms with Gasteiger partial charge in [-0.3, -0.25) is 0 Å². The summed E-state index contributed by atoms with van der Waals surface area (Å²) in [7, 11) is 0. The van der Waals surface area contributed by atoms with Crippen LogP contribution in [0.1, 0.15) is 33.1 Å². The van der Waals surface area contributed by atoms with Gasteiger partial charge in [0, 0.05) is 6.42 Å². The third-order valence-electron chi connectivity index (χ3n) is 1.38. The SMILES string of the molecule is CCCCOC(CC)OC(N)=S. The highest BCUT2D eigenvalue weighted by molar-refractivity contribution is 7.80. The van der Waals surface area contributed by atoms with Gasteiger partial charge in [0.2, 0.25) is 6.29 Å². The van der Waals surface area contributed by atoms with Crippen molar-refractivity contribution in [2.45, 2.75) is 39.4 Å². The summed E-state index contributed by atoms with van der Waals surface area (Å²) in [5, 5.41) is 0.0540.